The molecule has 0 aliphatic carbocycles. The van der Waals surface area contributed by atoms with Crippen LogP contribution in [-0.4, -0.2) is 26.1 Å². The van der Waals surface area contributed by atoms with E-state index in [1.54, 1.807) is 7.11 Å². The summed E-state index contributed by atoms with van der Waals surface area (Å²) in [7, 11) is 2.99. The van der Waals surface area contributed by atoms with Crippen molar-refractivity contribution in [3.63, 3.8) is 0 Å². The Hall–Kier alpha value is -2.86. The number of nitrogens with one attached hydrogen (secondary N) is 1. The van der Waals surface area contributed by atoms with E-state index in [0.29, 0.717) is 0 Å². The maximum atomic E-state index is 12.9. The van der Waals surface area contributed by atoms with E-state index >= 15 is 0 Å². The summed E-state index contributed by atoms with van der Waals surface area (Å²) in [6, 6.07) is 15.2. The molecule has 1 N–H and O–H groups in total. The minimum atomic E-state index is -0.396. The van der Waals surface area contributed by atoms with Gasteiger partial charge in [0.25, 0.3) is 0 Å². The van der Waals surface area contributed by atoms with Gasteiger partial charge < -0.3 is 14.8 Å². The van der Waals surface area contributed by atoms with E-state index in [1.807, 2.05) is 60.8 Å². The SMILES string of the molecule is COC(=O)CC(NC(=O)[C@@H](C)c1ccc2cc(OC)ccc2c1)c1cccs1. The first-order chi connectivity index (χ1) is 13.5. The molecule has 3 rings (SSSR count). The molecule has 1 aromatic heterocycles. The number of methoxy groups -OCH3 is 2. The minimum absolute atomic E-state index is 0.104. The molecular formula is C22H23NO4S. The van der Waals surface area contributed by atoms with Crippen molar-refractivity contribution in [2.24, 2.45) is 0 Å². The van der Waals surface area contributed by atoms with Crippen molar-refractivity contribution < 1.29 is 19.1 Å². The van der Waals surface area contributed by atoms with Crippen molar-refractivity contribution in [2.45, 2.75) is 25.3 Å². The molecule has 6 heteroatoms. The molecule has 5 nitrogen and oxygen atoms in total. The second-order valence-electron chi connectivity index (χ2n) is 6.55. The maximum absolute atomic E-state index is 12.9. The summed E-state index contributed by atoms with van der Waals surface area (Å²) in [6.45, 7) is 1.86. The van der Waals surface area contributed by atoms with Crippen molar-refractivity contribution in [3.05, 3.63) is 64.4 Å². The van der Waals surface area contributed by atoms with Crippen LogP contribution in [0.5, 0.6) is 5.75 Å². The first kappa shape index (κ1) is 19.9. The summed E-state index contributed by atoms with van der Waals surface area (Å²) in [5, 5.41) is 7.02. The van der Waals surface area contributed by atoms with Crippen LogP contribution >= 0.6 is 11.3 Å². The average molecular weight is 397 g/mol. The molecule has 0 saturated heterocycles. The highest BCUT2D eigenvalue weighted by Gasteiger charge is 2.23. The predicted octanol–water partition coefficient (Wildman–Crippen LogP) is 4.43. The van der Waals surface area contributed by atoms with Crippen LogP contribution in [0.1, 0.15) is 35.7 Å². The summed E-state index contributed by atoms with van der Waals surface area (Å²) in [4.78, 5) is 25.6. The van der Waals surface area contributed by atoms with E-state index in [-0.39, 0.29) is 24.2 Å². The lowest BCUT2D eigenvalue weighted by Gasteiger charge is -2.20. The third-order valence-corrected chi connectivity index (χ3v) is 5.75. The zero-order valence-corrected chi connectivity index (χ0v) is 16.9. The van der Waals surface area contributed by atoms with Gasteiger partial charge in [0.15, 0.2) is 0 Å². The van der Waals surface area contributed by atoms with Crippen LogP contribution in [0.4, 0.5) is 0 Å². The standard InChI is InChI=1S/C22H23NO4S/c1-14(15-6-7-17-12-18(26-2)9-8-16(17)11-15)22(25)23-19(13-21(24)27-3)20-5-4-10-28-20/h4-12,14,19H,13H2,1-3H3,(H,23,25)/t14-,19?/m0/s1. The number of fused-ring (bicyclic) bond motifs is 1. The van der Waals surface area contributed by atoms with Gasteiger partial charge in [0, 0.05) is 4.88 Å². The minimum Gasteiger partial charge on any atom is -0.497 e. The molecule has 2 aromatic carbocycles. The summed E-state index contributed by atoms with van der Waals surface area (Å²) in [6.07, 6.45) is 0.104. The smallest absolute Gasteiger partial charge is 0.307 e. The molecule has 3 aromatic rings. The van der Waals surface area contributed by atoms with E-state index in [1.165, 1.54) is 18.4 Å². The number of hydrogen-bond donors (Lipinski definition) is 1. The van der Waals surface area contributed by atoms with E-state index in [0.717, 1.165) is 27.0 Å². The van der Waals surface area contributed by atoms with Crippen molar-refractivity contribution in [3.8, 4) is 5.75 Å². The van der Waals surface area contributed by atoms with E-state index < -0.39 is 6.04 Å². The van der Waals surface area contributed by atoms with Crippen LogP contribution in [0.15, 0.2) is 53.9 Å². The number of hydrogen-bond acceptors (Lipinski definition) is 5. The topological polar surface area (TPSA) is 64.6 Å². The molecule has 0 saturated carbocycles. The quantitative estimate of drug-likeness (QED) is 0.599. The Morgan fingerprint density at radius 3 is 2.50 bits per heavy atom. The maximum Gasteiger partial charge on any atom is 0.307 e. The van der Waals surface area contributed by atoms with Crippen LogP contribution in [0.25, 0.3) is 10.8 Å². The lowest BCUT2D eigenvalue weighted by atomic mass is 9.96. The Kier molecular flexibility index (Phi) is 6.31. The second-order valence-corrected chi connectivity index (χ2v) is 7.53. The fourth-order valence-electron chi connectivity index (χ4n) is 3.05. The third-order valence-electron chi connectivity index (χ3n) is 4.77. The fourth-order valence-corrected chi connectivity index (χ4v) is 3.83. The van der Waals surface area contributed by atoms with Gasteiger partial charge in [-0.1, -0.05) is 30.3 Å². The zero-order chi connectivity index (χ0) is 20.1. The van der Waals surface area contributed by atoms with E-state index in [2.05, 4.69) is 5.32 Å². The number of esters is 1. The van der Waals surface area contributed by atoms with Gasteiger partial charge in [-0.3, -0.25) is 9.59 Å². The zero-order valence-electron chi connectivity index (χ0n) is 16.1. The molecule has 0 spiro atoms. The number of benzene rings is 2. The number of rotatable bonds is 7. The molecule has 146 valence electrons. The van der Waals surface area contributed by atoms with Gasteiger partial charge in [-0.25, -0.2) is 0 Å². The Labute approximate surface area is 168 Å². The van der Waals surface area contributed by atoms with Gasteiger partial charge in [0.2, 0.25) is 5.91 Å². The van der Waals surface area contributed by atoms with Crippen LogP contribution in [0.3, 0.4) is 0 Å². The van der Waals surface area contributed by atoms with Crippen molar-refractivity contribution in [1.29, 1.82) is 0 Å². The van der Waals surface area contributed by atoms with Crippen molar-refractivity contribution >= 4 is 34.0 Å². The van der Waals surface area contributed by atoms with Gasteiger partial charge in [-0.05, 0) is 46.8 Å². The molecular weight excluding hydrogens is 374 g/mol. The van der Waals surface area contributed by atoms with Crippen LogP contribution < -0.4 is 10.1 Å². The Morgan fingerprint density at radius 2 is 1.82 bits per heavy atom. The van der Waals surface area contributed by atoms with Gasteiger partial charge >= 0.3 is 5.97 Å². The van der Waals surface area contributed by atoms with E-state index in [9.17, 15) is 9.59 Å². The summed E-state index contributed by atoms with van der Waals surface area (Å²) in [5.41, 5.74) is 0.915. The van der Waals surface area contributed by atoms with Crippen LogP contribution in [-0.2, 0) is 14.3 Å². The van der Waals surface area contributed by atoms with E-state index in [4.69, 9.17) is 9.47 Å². The molecule has 1 amide bonds. The van der Waals surface area contributed by atoms with Gasteiger partial charge in [0.1, 0.15) is 5.75 Å². The van der Waals surface area contributed by atoms with Gasteiger partial charge in [-0.15, -0.1) is 11.3 Å². The molecule has 1 heterocycles. The average Bonchev–Trinajstić information content (AvgIpc) is 3.26. The van der Waals surface area contributed by atoms with Crippen LogP contribution in [0, 0.1) is 0 Å². The summed E-state index contributed by atoms with van der Waals surface area (Å²) >= 11 is 1.50. The number of amides is 1. The fraction of sp³-hybridized carbons (Fsp3) is 0.273. The lowest BCUT2D eigenvalue weighted by Crippen LogP contribution is -2.33. The van der Waals surface area contributed by atoms with Crippen molar-refractivity contribution in [1.82, 2.24) is 5.32 Å². The molecule has 0 aliphatic rings. The highest BCUT2D eigenvalue weighted by atomic mass is 32.1. The predicted molar refractivity (Wildman–Crippen MR) is 111 cm³/mol. The molecule has 28 heavy (non-hydrogen) atoms. The molecule has 0 aliphatic heterocycles. The summed E-state index contributed by atoms with van der Waals surface area (Å²) in [5.74, 6) is -0.0413. The number of thiophene rings is 1. The highest BCUT2D eigenvalue weighted by Crippen LogP contribution is 2.27. The van der Waals surface area contributed by atoms with Gasteiger partial charge in [0.05, 0.1) is 32.6 Å². The van der Waals surface area contributed by atoms with Crippen molar-refractivity contribution in [2.75, 3.05) is 14.2 Å². The Bertz CT molecular complexity index is 968. The molecule has 2 atom stereocenters. The second kappa shape index (κ2) is 8.89. The highest BCUT2D eigenvalue weighted by molar-refractivity contribution is 7.10. The monoisotopic (exact) mass is 397 g/mol. The first-order valence-electron chi connectivity index (χ1n) is 9.00. The lowest BCUT2D eigenvalue weighted by molar-refractivity contribution is -0.141. The normalized spacial score (nSPS) is 13.0. The number of carbonyl (C=O) groups is 2. The molecule has 0 radical (unpaired) electrons. The first-order valence-corrected chi connectivity index (χ1v) is 9.88. The van der Waals surface area contributed by atoms with Crippen LogP contribution in [0.2, 0.25) is 0 Å². The summed E-state index contributed by atoms with van der Waals surface area (Å²) < 4.78 is 10.0. The molecule has 1 unspecified atom stereocenters. The van der Waals surface area contributed by atoms with Gasteiger partial charge in [-0.2, -0.15) is 0 Å². The molecule has 0 fully saturated rings. The molecule has 0 bridgehead atoms. The third kappa shape index (κ3) is 4.51. The Morgan fingerprint density at radius 1 is 1.07 bits per heavy atom. The largest absolute Gasteiger partial charge is 0.497 e. The number of carbonyl (C=O) groups excluding carboxylic acids is 2. The Balaban J connectivity index is 1.78. The number of ether oxygens (including phenoxy) is 2.